The number of carbonyl (C=O) groups is 2. The first-order valence-corrected chi connectivity index (χ1v) is 10.8. The van der Waals surface area contributed by atoms with Crippen LogP contribution in [0.15, 0.2) is 54.6 Å². The third-order valence-electron chi connectivity index (χ3n) is 6.06. The van der Waals surface area contributed by atoms with Gasteiger partial charge in [-0.2, -0.15) is 0 Å². The van der Waals surface area contributed by atoms with E-state index in [1.165, 1.54) is 10.6 Å². The lowest BCUT2D eigenvalue weighted by atomic mass is 10.1. The minimum absolute atomic E-state index is 0.116. The predicted octanol–water partition coefficient (Wildman–Crippen LogP) is 2.71. The van der Waals surface area contributed by atoms with E-state index in [1.54, 1.807) is 0 Å². The van der Waals surface area contributed by atoms with E-state index in [9.17, 15) is 9.59 Å². The van der Waals surface area contributed by atoms with Crippen LogP contribution in [-0.2, 0) is 4.79 Å². The number of hydrogen-bond donors (Lipinski definition) is 0. The Morgan fingerprint density at radius 2 is 1.47 bits per heavy atom. The van der Waals surface area contributed by atoms with Crippen LogP contribution < -0.4 is 9.80 Å². The Hall–Kier alpha value is -2.86. The van der Waals surface area contributed by atoms with E-state index >= 15 is 0 Å². The number of amides is 2. The number of anilines is 2. The van der Waals surface area contributed by atoms with Gasteiger partial charge in [-0.05, 0) is 43.7 Å². The minimum atomic E-state index is -0.170. The van der Waals surface area contributed by atoms with Crippen molar-refractivity contribution in [2.45, 2.75) is 12.8 Å². The predicted molar refractivity (Wildman–Crippen MR) is 120 cm³/mol. The molecule has 1 saturated heterocycles. The topological polar surface area (TPSA) is 47.1 Å². The van der Waals surface area contributed by atoms with Gasteiger partial charge < -0.3 is 9.80 Å². The summed E-state index contributed by atoms with van der Waals surface area (Å²) in [5.41, 5.74) is 2.73. The molecule has 0 N–H and O–H groups in total. The molecule has 6 nitrogen and oxygen atoms in total. The van der Waals surface area contributed by atoms with Gasteiger partial charge in [0.2, 0.25) is 5.91 Å². The molecule has 0 saturated carbocycles. The summed E-state index contributed by atoms with van der Waals surface area (Å²) in [6.45, 7) is 5.92. The summed E-state index contributed by atoms with van der Waals surface area (Å²) in [6.07, 6.45) is 1.82. The van der Waals surface area contributed by atoms with Gasteiger partial charge in [0.1, 0.15) is 0 Å². The van der Waals surface area contributed by atoms with Gasteiger partial charge in [0.15, 0.2) is 0 Å². The number of imide groups is 1. The maximum Gasteiger partial charge on any atom is 0.262 e. The summed E-state index contributed by atoms with van der Waals surface area (Å²) >= 11 is 0. The van der Waals surface area contributed by atoms with Crippen molar-refractivity contribution in [3.63, 3.8) is 0 Å². The third kappa shape index (κ3) is 4.49. The number of fused-ring (bicyclic) bond motifs is 1. The van der Waals surface area contributed by atoms with E-state index in [4.69, 9.17) is 0 Å². The van der Waals surface area contributed by atoms with Crippen molar-refractivity contribution in [2.75, 3.05) is 62.7 Å². The Balaban J connectivity index is 1.25. The lowest BCUT2D eigenvalue weighted by molar-refractivity contribution is -0.127. The fourth-order valence-corrected chi connectivity index (χ4v) is 4.32. The molecule has 2 aliphatic rings. The number of likely N-dealkylation sites (N-methyl/N-ethyl adjacent to an activating group) is 1. The highest BCUT2D eigenvalue weighted by atomic mass is 16.2. The lowest BCUT2D eigenvalue weighted by Crippen LogP contribution is -2.46. The van der Waals surface area contributed by atoms with Crippen LogP contribution in [0.5, 0.6) is 0 Å². The second kappa shape index (κ2) is 9.30. The molecule has 0 aromatic heterocycles. The van der Waals surface area contributed by atoms with Crippen LogP contribution in [0.1, 0.15) is 23.2 Å². The van der Waals surface area contributed by atoms with E-state index in [0.29, 0.717) is 12.1 Å². The van der Waals surface area contributed by atoms with Crippen molar-refractivity contribution in [2.24, 2.45) is 0 Å². The molecule has 0 spiro atoms. The van der Waals surface area contributed by atoms with Gasteiger partial charge >= 0.3 is 0 Å². The summed E-state index contributed by atoms with van der Waals surface area (Å²) in [7, 11) is 1.86. The van der Waals surface area contributed by atoms with Crippen molar-refractivity contribution in [1.82, 2.24) is 9.80 Å². The highest BCUT2D eigenvalue weighted by molar-refractivity contribution is 6.10. The lowest BCUT2D eigenvalue weighted by Gasteiger charge is -2.36. The highest BCUT2D eigenvalue weighted by Crippen LogP contribution is 2.24. The molecule has 0 bridgehead atoms. The van der Waals surface area contributed by atoms with Gasteiger partial charge in [0.25, 0.3) is 5.91 Å². The van der Waals surface area contributed by atoms with Crippen molar-refractivity contribution >= 4 is 23.2 Å². The van der Waals surface area contributed by atoms with Crippen LogP contribution >= 0.6 is 0 Å². The number of benzene rings is 2. The molecule has 2 aromatic rings. The van der Waals surface area contributed by atoms with Crippen LogP contribution in [0.3, 0.4) is 0 Å². The van der Waals surface area contributed by atoms with Gasteiger partial charge in [-0.3, -0.25) is 19.4 Å². The standard InChI is InChI=1S/C24H30N4O2/c1-25-19-23(29)28(24(30)21-11-5-6-12-22(21)25)14-8-7-13-26-15-17-27(18-16-26)20-9-3-2-4-10-20/h2-6,9-12H,7-8,13-19H2,1H3. The first kappa shape index (κ1) is 20.4. The molecule has 0 radical (unpaired) electrons. The summed E-state index contributed by atoms with van der Waals surface area (Å²) in [6, 6.07) is 18.0. The van der Waals surface area contributed by atoms with E-state index < -0.39 is 0 Å². The third-order valence-corrected chi connectivity index (χ3v) is 6.06. The average molecular weight is 407 g/mol. The first-order chi connectivity index (χ1) is 14.6. The van der Waals surface area contributed by atoms with Gasteiger partial charge in [-0.15, -0.1) is 0 Å². The number of nitrogens with zero attached hydrogens (tertiary/aromatic N) is 4. The Morgan fingerprint density at radius 1 is 0.800 bits per heavy atom. The Kier molecular flexibility index (Phi) is 6.33. The molecule has 4 rings (SSSR count). The largest absolute Gasteiger partial charge is 0.369 e. The quantitative estimate of drug-likeness (QED) is 0.545. The maximum absolute atomic E-state index is 12.9. The molecular formula is C24H30N4O2. The second-order valence-corrected chi connectivity index (χ2v) is 8.10. The molecule has 0 atom stereocenters. The second-order valence-electron chi connectivity index (χ2n) is 8.10. The molecule has 1 fully saturated rings. The monoisotopic (exact) mass is 406 g/mol. The van der Waals surface area contributed by atoms with Crippen molar-refractivity contribution in [3.8, 4) is 0 Å². The zero-order valence-corrected chi connectivity index (χ0v) is 17.7. The van der Waals surface area contributed by atoms with Crippen molar-refractivity contribution in [1.29, 1.82) is 0 Å². The van der Waals surface area contributed by atoms with Crippen molar-refractivity contribution < 1.29 is 9.59 Å². The van der Waals surface area contributed by atoms with Gasteiger partial charge in [-0.1, -0.05) is 30.3 Å². The Morgan fingerprint density at radius 3 is 2.23 bits per heavy atom. The van der Waals surface area contributed by atoms with Crippen LogP contribution in [0, 0.1) is 0 Å². The van der Waals surface area contributed by atoms with E-state index in [0.717, 1.165) is 51.3 Å². The SMILES string of the molecule is CN1CC(=O)N(CCCCN2CCN(c3ccccc3)CC2)C(=O)c2ccccc21. The molecule has 2 aromatic carbocycles. The summed E-state index contributed by atoms with van der Waals surface area (Å²) in [5.74, 6) is -0.286. The molecular weight excluding hydrogens is 376 g/mol. The number of unbranched alkanes of at least 4 members (excludes halogenated alkanes) is 1. The molecule has 158 valence electrons. The molecule has 0 aliphatic carbocycles. The van der Waals surface area contributed by atoms with E-state index in [-0.39, 0.29) is 18.4 Å². The highest BCUT2D eigenvalue weighted by Gasteiger charge is 2.30. The summed E-state index contributed by atoms with van der Waals surface area (Å²) in [5, 5.41) is 0. The van der Waals surface area contributed by atoms with Gasteiger partial charge in [0.05, 0.1) is 12.1 Å². The molecule has 2 heterocycles. The Labute approximate surface area is 178 Å². The maximum atomic E-state index is 12.9. The first-order valence-electron chi connectivity index (χ1n) is 10.8. The zero-order chi connectivity index (χ0) is 20.9. The fourth-order valence-electron chi connectivity index (χ4n) is 4.32. The molecule has 2 amide bonds. The van der Waals surface area contributed by atoms with E-state index in [1.807, 2.05) is 36.2 Å². The molecule has 0 unspecified atom stereocenters. The average Bonchev–Trinajstić information content (AvgIpc) is 2.87. The normalized spacial score (nSPS) is 17.8. The smallest absolute Gasteiger partial charge is 0.262 e. The fraction of sp³-hybridized carbons (Fsp3) is 0.417. The molecule has 2 aliphatic heterocycles. The number of hydrogen-bond acceptors (Lipinski definition) is 5. The number of rotatable bonds is 6. The zero-order valence-electron chi connectivity index (χ0n) is 17.7. The summed E-state index contributed by atoms with van der Waals surface area (Å²) < 4.78 is 0. The number of piperazine rings is 1. The van der Waals surface area contributed by atoms with Gasteiger partial charge in [0, 0.05) is 51.1 Å². The number of para-hydroxylation sites is 2. The summed E-state index contributed by atoms with van der Waals surface area (Å²) in [4.78, 5) is 33.8. The van der Waals surface area contributed by atoms with Crippen LogP contribution in [-0.4, -0.2) is 74.5 Å². The van der Waals surface area contributed by atoms with Crippen LogP contribution in [0.2, 0.25) is 0 Å². The number of carbonyl (C=O) groups excluding carboxylic acids is 2. The van der Waals surface area contributed by atoms with E-state index in [2.05, 4.69) is 40.1 Å². The van der Waals surface area contributed by atoms with Crippen LogP contribution in [0.25, 0.3) is 0 Å². The Bertz CT molecular complexity index is 878. The minimum Gasteiger partial charge on any atom is -0.369 e. The van der Waals surface area contributed by atoms with Gasteiger partial charge in [-0.25, -0.2) is 0 Å². The van der Waals surface area contributed by atoms with Crippen molar-refractivity contribution in [3.05, 3.63) is 60.2 Å². The van der Waals surface area contributed by atoms with Crippen LogP contribution in [0.4, 0.5) is 11.4 Å². The molecule has 6 heteroatoms. The molecule has 30 heavy (non-hydrogen) atoms.